The molecule has 0 aliphatic rings. The standard InChI is InChI=1S/C24H19NO2/c1-16-12-13-19-14-20(26)15-21(23(19)25-16)22(17-8-4-2-5-9-17)24(27)18-10-6-3-7-11-18/h2-15,22,26H,1H3. The first-order valence-electron chi connectivity index (χ1n) is 8.88. The number of hydrogen-bond donors (Lipinski definition) is 1. The number of carbonyl (C=O) groups is 1. The number of aryl methyl sites for hydroxylation is 1. The number of phenols is 1. The fourth-order valence-corrected chi connectivity index (χ4v) is 3.45. The molecular weight excluding hydrogens is 334 g/mol. The maximum atomic E-state index is 13.5. The molecule has 1 N–H and O–H groups in total. The minimum Gasteiger partial charge on any atom is -0.508 e. The Kier molecular flexibility index (Phi) is 4.43. The van der Waals surface area contributed by atoms with Gasteiger partial charge in [-0.2, -0.15) is 0 Å². The number of ketones is 1. The van der Waals surface area contributed by atoms with Crippen LogP contribution >= 0.6 is 0 Å². The van der Waals surface area contributed by atoms with Gasteiger partial charge in [-0.05, 0) is 36.2 Å². The Bertz CT molecular complexity index is 1110. The lowest BCUT2D eigenvalue weighted by molar-refractivity contribution is 0.0974. The first kappa shape index (κ1) is 17.0. The highest BCUT2D eigenvalue weighted by Gasteiger charge is 2.26. The van der Waals surface area contributed by atoms with Gasteiger partial charge in [-0.15, -0.1) is 0 Å². The summed E-state index contributed by atoms with van der Waals surface area (Å²) < 4.78 is 0. The molecule has 1 aromatic heterocycles. The number of pyridine rings is 1. The van der Waals surface area contributed by atoms with Gasteiger partial charge in [0, 0.05) is 16.6 Å². The minimum atomic E-state index is -0.544. The number of benzene rings is 3. The molecular formula is C24H19NO2. The molecule has 27 heavy (non-hydrogen) atoms. The number of fused-ring (bicyclic) bond motifs is 1. The number of rotatable bonds is 4. The molecule has 132 valence electrons. The van der Waals surface area contributed by atoms with Crippen molar-refractivity contribution < 1.29 is 9.90 Å². The molecule has 3 nitrogen and oxygen atoms in total. The van der Waals surface area contributed by atoms with Crippen LogP contribution in [0.15, 0.2) is 84.9 Å². The normalized spacial score (nSPS) is 12.0. The summed E-state index contributed by atoms with van der Waals surface area (Å²) in [7, 11) is 0. The van der Waals surface area contributed by atoms with E-state index in [2.05, 4.69) is 4.98 Å². The van der Waals surface area contributed by atoms with Crippen molar-refractivity contribution in [1.82, 2.24) is 4.98 Å². The lowest BCUT2D eigenvalue weighted by Crippen LogP contribution is -2.15. The van der Waals surface area contributed by atoms with Crippen molar-refractivity contribution in [3.05, 3.63) is 107 Å². The van der Waals surface area contributed by atoms with Crippen molar-refractivity contribution >= 4 is 16.7 Å². The van der Waals surface area contributed by atoms with E-state index in [0.29, 0.717) is 11.1 Å². The summed E-state index contributed by atoms with van der Waals surface area (Å²) in [5, 5.41) is 11.1. The predicted octanol–water partition coefficient (Wildman–Crippen LogP) is 5.26. The number of hydrogen-bond acceptors (Lipinski definition) is 3. The van der Waals surface area contributed by atoms with Gasteiger partial charge in [-0.3, -0.25) is 9.78 Å². The number of carbonyl (C=O) groups excluding carboxylic acids is 1. The molecule has 0 saturated carbocycles. The Labute approximate surface area is 157 Å². The van der Waals surface area contributed by atoms with E-state index >= 15 is 0 Å². The Morgan fingerprint density at radius 2 is 1.56 bits per heavy atom. The average Bonchev–Trinajstić information content (AvgIpc) is 2.70. The van der Waals surface area contributed by atoms with E-state index in [9.17, 15) is 9.90 Å². The third kappa shape index (κ3) is 3.32. The van der Waals surface area contributed by atoms with Crippen LogP contribution in [0.1, 0.15) is 33.1 Å². The number of Topliss-reactive ketones (excluding diaryl/α,β-unsaturated/α-hetero) is 1. The summed E-state index contributed by atoms with van der Waals surface area (Å²) in [5.41, 5.74) is 3.84. The van der Waals surface area contributed by atoms with Crippen LogP contribution in [0, 0.1) is 6.92 Å². The van der Waals surface area contributed by atoms with Gasteiger partial charge in [0.25, 0.3) is 0 Å². The van der Waals surface area contributed by atoms with Gasteiger partial charge in [0.05, 0.1) is 11.4 Å². The van der Waals surface area contributed by atoms with Crippen molar-refractivity contribution in [3.63, 3.8) is 0 Å². The lowest BCUT2D eigenvalue weighted by atomic mass is 9.83. The fourth-order valence-electron chi connectivity index (χ4n) is 3.45. The minimum absolute atomic E-state index is 0.0167. The first-order chi connectivity index (χ1) is 13.1. The lowest BCUT2D eigenvalue weighted by Gasteiger charge is -2.19. The molecule has 0 radical (unpaired) electrons. The molecule has 0 saturated heterocycles. The van der Waals surface area contributed by atoms with Crippen LogP contribution in [0.25, 0.3) is 10.9 Å². The largest absolute Gasteiger partial charge is 0.508 e. The van der Waals surface area contributed by atoms with Crippen molar-refractivity contribution in [2.24, 2.45) is 0 Å². The summed E-state index contributed by atoms with van der Waals surface area (Å²) in [6.45, 7) is 1.92. The summed E-state index contributed by atoms with van der Waals surface area (Å²) in [4.78, 5) is 18.2. The second-order valence-corrected chi connectivity index (χ2v) is 6.63. The van der Waals surface area contributed by atoms with Crippen molar-refractivity contribution in [3.8, 4) is 5.75 Å². The monoisotopic (exact) mass is 353 g/mol. The zero-order valence-electron chi connectivity index (χ0n) is 15.0. The fraction of sp³-hybridized carbons (Fsp3) is 0.0833. The summed E-state index contributed by atoms with van der Waals surface area (Å²) in [6, 6.07) is 26.1. The molecule has 0 aliphatic heterocycles. The van der Waals surface area contributed by atoms with Gasteiger partial charge in [0.2, 0.25) is 0 Å². The molecule has 4 rings (SSSR count). The van der Waals surface area contributed by atoms with E-state index in [-0.39, 0.29) is 11.5 Å². The number of phenolic OH excluding ortho intramolecular Hbond substituents is 1. The van der Waals surface area contributed by atoms with Gasteiger partial charge < -0.3 is 5.11 Å². The van der Waals surface area contributed by atoms with Gasteiger partial charge in [-0.1, -0.05) is 66.7 Å². The van der Waals surface area contributed by atoms with Crippen LogP contribution in [0.3, 0.4) is 0 Å². The van der Waals surface area contributed by atoms with Crippen LogP contribution in [0.2, 0.25) is 0 Å². The summed E-state index contributed by atoms with van der Waals surface area (Å²) in [5.74, 6) is -0.431. The highest BCUT2D eigenvalue weighted by molar-refractivity contribution is 6.05. The van der Waals surface area contributed by atoms with Crippen LogP contribution in [0.4, 0.5) is 0 Å². The molecule has 0 amide bonds. The quantitative estimate of drug-likeness (QED) is 0.509. The SMILES string of the molecule is Cc1ccc2cc(O)cc(C(C(=O)c3ccccc3)c3ccccc3)c2n1. The van der Waals surface area contributed by atoms with E-state index in [1.807, 2.05) is 79.7 Å². The zero-order valence-corrected chi connectivity index (χ0v) is 15.0. The molecule has 0 fully saturated rings. The molecule has 4 aromatic rings. The maximum Gasteiger partial charge on any atom is 0.174 e. The zero-order chi connectivity index (χ0) is 18.8. The Morgan fingerprint density at radius 3 is 2.26 bits per heavy atom. The number of aromatic hydroxyl groups is 1. The molecule has 1 unspecified atom stereocenters. The van der Waals surface area contributed by atoms with Gasteiger partial charge in [0.1, 0.15) is 5.75 Å². The summed E-state index contributed by atoms with van der Waals surface area (Å²) >= 11 is 0. The maximum absolute atomic E-state index is 13.5. The van der Waals surface area contributed by atoms with Crippen molar-refractivity contribution in [2.75, 3.05) is 0 Å². The molecule has 3 aromatic carbocycles. The molecule has 0 spiro atoms. The summed E-state index contributed by atoms with van der Waals surface area (Å²) in [6.07, 6.45) is 0. The third-order valence-corrected chi connectivity index (χ3v) is 4.71. The highest BCUT2D eigenvalue weighted by atomic mass is 16.3. The second kappa shape index (κ2) is 7.04. The van der Waals surface area contributed by atoms with E-state index < -0.39 is 5.92 Å². The third-order valence-electron chi connectivity index (χ3n) is 4.71. The molecule has 1 heterocycles. The van der Waals surface area contributed by atoms with E-state index in [1.165, 1.54) is 0 Å². The number of nitrogens with zero attached hydrogens (tertiary/aromatic N) is 1. The Balaban J connectivity index is 1.99. The average molecular weight is 353 g/mol. The Morgan fingerprint density at radius 1 is 0.889 bits per heavy atom. The van der Waals surface area contributed by atoms with E-state index in [1.54, 1.807) is 12.1 Å². The van der Waals surface area contributed by atoms with Gasteiger partial charge in [0.15, 0.2) is 5.78 Å². The Hall–Kier alpha value is -3.46. The number of aromatic nitrogens is 1. The van der Waals surface area contributed by atoms with Crippen molar-refractivity contribution in [2.45, 2.75) is 12.8 Å². The topological polar surface area (TPSA) is 50.2 Å². The van der Waals surface area contributed by atoms with Gasteiger partial charge in [-0.25, -0.2) is 0 Å². The van der Waals surface area contributed by atoms with Crippen molar-refractivity contribution in [1.29, 1.82) is 0 Å². The molecule has 3 heteroatoms. The predicted molar refractivity (Wildman–Crippen MR) is 107 cm³/mol. The van der Waals surface area contributed by atoms with Crippen LogP contribution < -0.4 is 0 Å². The molecule has 0 bridgehead atoms. The van der Waals surface area contributed by atoms with E-state index in [0.717, 1.165) is 22.2 Å². The van der Waals surface area contributed by atoms with E-state index in [4.69, 9.17) is 0 Å². The smallest absolute Gasteiger partial charge is 0.174 e. The molecule has 0 aliphatic carbocycles. The van der Waals surface area contributed by atoms with Crippen LogP contribution in [-0.2, 0) is 0 Å². The highest BCUT2D eigenvalue weighted by Crippen LogP contribution is 2.35. The van der Waals surface area contributed by atoms with Crippen LogP contribution in [0.5, 0.6) is 5.75 Å². The molecule has 1 atom stereocenters. The van der Waals surface area contributed by atoms with Gasteiger partial charge >= 0.3 is 0 Å². The van der Waals surface area contributed by atoms with Crippen LogP contribution in [-0.4, -0.2) is 15.9 Å². The first-order valence-corrected chi connectivity index (χ1v) is 8.88. The second-order valence-electron chi connectivity index (χ2n) is 6.63.